The van der Waals surface area contributed by atoms with E-state index in [1.54, 1.807) is 6.20 Å². The maximum absolute atomic E-state index is 14.0. The van der Waals surface area contributed by atoms with Crippen LogP contribution in [-0.2, 0) is 20.7 Å². The third kappa shape index (κ3) is 7.51. The molecule has 0 bridgehead atoms. The molecule has 0 unspecified atom stereocenters. The molecule has 1 aliphatic heterocycles. The van der Waals surface area contributed by atoms with E-state index in [0.717, 1.165) is 40.0 Å². The summed E-state index contributed by atoms with van der Waals surface area (Å²) in [5.41, 5.74) is 7.07. The number of aryl methyl sites for hydroxylation is 3. The van der Waals surface area contributed by atoms with E-state index in [1.165, 1.54) is 18.2 Å². The molecule has 3 atom stereocenters. The smallest absolute Gasteiger partial charge is 0.407 e. The molecule has 6 rings (SSSR count). The van der Waals surface area contributed by atoms with Crippen LogP contribution in [0.4, 0.5) is 10.6 Å². The summed E-state index contributed by atoms with van der Waals surface area (Å²) in [4.78, 5) is 39.3. The molecule has 10 heteroatoms. The van der Waals surface area contributed by atoms with E-state index >= 15 is 0 Å². The Bertz CT molecular complexity index is 1740. The Morgan fingerprint density at radius 1 is 0.979 bits per heavy atom. The van der Waals surface area contributed by atoms with Crippen molar-refractivity contribution in [3.05, 3.63) is 125 Å². The van der Waals surface area contributed by atoms with Gasteiger partial charge >= 0.3 is 6.09 Å². The maximum atomic E-state index is 14.0. The molecule has 1 fully saturated rings. The van der Waals surface area contributed by atoms with E-state index < -0.39 is 24.0 Å². The summed E-state index contributed by atoms with van der Waals surface area (Å²) in [5.74, 6) is 0.449. The number of aromatic amines is 1. The van der Waals surface area contributed by atoms with Crippen LogP contribution in [0.3, 0.4) is 0 Å². The van der Waals surface area contributed by atoms with Crippen molar-refractivity contribution in [2.75, 3.05) is 25.6 Å². The van der Waals surface area contributed by atoms with Gasteiger partial charge in [-0.1, -0.05) is 66.7 Å². The molecule has 4 N–H and O–H groups in total. The number of morpholine rings is 1. The SMILES string of the molecule is COC(=O)N[C@H](C(=O)Nc1ncccc1CC[C@@H]1CN[C@H](c2nc3cc(C)c(C)cc3[nH]2)CO1)C(c1ccccc1)c1ccccc1. The quantitative estimate of drug-likeness (QED) is 0.155. The summed E-state index contributed by atoms with van der Waals surface area (Å²) in [6.45, 7) is 5.37. The predicted molar refractivity (Wildman–Crippen MR) is 181 cm³/mol. The molecular formula is C37H40N6O4. The molecule has 2 aromatic heterocycles. The van der Waals surface area contributed by atoms with Crippen LogP contribution >= 0.6 is 0 Å². The number of methoxy groups -OCH3 is 1. The third-order valence-corrected chi connectivity index (χ3v) is 8.80. The second-order valence-electron chi connectivity index (χ2n) is 11.9. The molecule has 10 nitrogen and oxygen atoms in total. The van der Waals surface area contributed by atoms with E-state index in [0.29, 0.717) is 25.4 Å². The van der Waals surface area contributed by atoms with Gasteiger partial charge in [0, 0.05) is 18.7 Å². The largest absolute Gasteiger partial charge is 0.453 e. The van der Waals surface area contributed by atoms with E-state index in [9.17, 15) is 9.59 Å². The summed E-state index contributed by atoms with van der Waals surface area (Å²) in [5, 5.41) is 9.37. The van der Waals surface area contributed by atoms with Gasteiger partial charge in [-0.2, -0.15) is 0 Å². The van der Waals surface area contributed by atoms with Crippen LogP contribution in [0.25, 0.3) is 11.0 Å². The maximum Gasteiger partial charge on any atom is 0.407 e. The van der Waals surface area contributed by atoms with E-state index in [2.05, 4.69) is 51.9 Å². The zero-order valence-electron chi connectivity index (χ0n) is 26.8. The Labute approximate surface area is 274 Å². The van der Waals surface area contributed by atoms with E-state index in [1.807, 2.05) is 72.8 Å². The molecule has 5 aromatic rings. The number of carbonyl (C=O) groups is 2. The van der Waals surface area contributed by atoms with Crippen molar-refractivity contribution in [3.8, 4) is 0 Å². The number of hydrogen-bond acceptors (Lipinski definition) is 7. The molecule has 47 heavy (non-hydrogen) atoms. The van der Waals surface area contributed by atoms with Gasteiger partial charge in [0.25, 0.3) is 0 Å². The van der Waals surface area contributed by atoms with E-state index in [-0.39, 0.29) is 12.1 Å². The van der Waals surface area contributed by atoms with Gasteiger partial charge in [0.05, 0.1) is 36.9 Å². The van der Waals surface area contributed by atoms with Crippen LogP contribution in [0.15, 0.2) is 91.1 Å². The Morgan fingerprint density at radius 2 is 1.68 bits per heavy atom. The number of alkyl carbamates (subject to hydrolysis) is 1. The summed E-state index contributed by atoms with van der Waals surface area (Å²) in [6.07, 6.45) is 2.30. The Kier molecular flexibility index (Phi) is 9.89. The third-order valence-electron chi connectivity index (χ3n) is 8.80. The molecule has 2 amide bonds. The highest BCUT2D eigenvalue weighted by Crippen LogP contribution is 2.30. The number of H-pyrrole nitrogens is 1. The highest BCUT2D eigenvalue weighted by molar-refractivity contribution is 5.97. The first-order valence-electron chi connectivity index (χ1n) is 15.9. The van der Waals surface area contributed by atoms with Crippen molar-refractivity contribution in [3.63, 3.8) is 0 Å². The van der Waals surface area contributed by atoms with Gasteiger partial charge < -0.3 is 30.4 Å². The number of fused-ring (bicyclic) bond motifs is 1. The molecule has 0 radical (unpaired) electrons. The number of imidazole rings is 1. The first-order chi connectivity index (χ1) is 22.9. The molecule has 3 heterocycles. The number of pyridine rings is 1. The molecular weight excluding hydrogens is 592 g/mol. The number of nitrogens with one attached hydrogen (secondary N) is 4. The van der Waals surface area contributed by atoms with Crippen LogP contribution in [-0.4, -0.2) is 59.4 Å². The van der Waals surface area contributed by atoms with Crippen LogP contribution < -0.4 is 16.0 Å². The molecule has 1 aliphatic rings. The van der Waals surface area contributed by atoms with Crippen LogP contribution in [0, 0.1) is 13.8 Å². The van der Waals surface area contributed by atoms with Gasteiger partial charge in [0.2, 0.25) is 5.91 Å². The van der Waals surface area contributed by atoms with Crippen molar-refractivity contribution in [1.29, 1.82) is 0 Å². The normalized spacial score (nSPS) is 16.9. The number of anilines is 1. The fraction of sp³-hybridized carbons (Fsp3) is 0.297. The number of carbonyl (C=O) groups excluding carboxylic acids is 2. The molecule has 242 valence electrons. The first kappa shape index (κ1) is 31.9. The minimum atomic E-state index is -0.976. The van der Waals surface area contributed by atoms with Crippen molar-refractivity contribution in [2.45, 2.75) is 50.8 Å². The lowest BCUT2D eigenvalue weighted by Crippen LogP contribution is -2.48. The zero-order valence-corrected chi connectivity index (χ0v) is 26.8. The molecule has 1 saturated heterocycles. The second-order valence-corrected chi connectivity index (χ2v) is 11.9. The summed E-state index contributed by atoms with van der Waals surface area (Å²) >= 11 is 0. The Hall–Kier alpha value is -5.06. The average molecular weight is 633 g/mol. The van der Waals surface area contributed by atoms with Crippen molar-refractivity contribution < 1.29 is 19.1 Å². The number of aromatic nitrogens is 3. The van der Waals surface area contributed by atoms with Gasteiger partial charge in [-0.15, -0.1) is 0 Å². The molecule has 0 saturated carbocycles. The number of ether oxygens (including phenoxy) is 2. The van der Waals surface area contributed by atoms with Gasteiger partial charge in [0.1, 0.15) is 17.7 Å². The van der Waals surface area contributed by atoms with Gasteiger partial charge in [0.15, 0.2) is 0 Å². The standard InChI is InChI=1S/C37H40N6O4/c1-23-19-29-30(20-24(23)2)41-35(40-29)31-22-47-28(21-39-31)17-16-27-15-10-18-38-34(27)43-36(44)33(42-37(45)46-3)32(25-11-6-4-7-12-25)26-13-8-5-9-14-26/h4-15,18-20,28,31-33,39H,16-17,21-22H2,1-3H3,(H,40,41)(H,42,45)(H,38,43,44)/t28-,31+,33+/m1/s1. The number of amides is 2. The highest BCUT2D eigenvalue weighted by atomic mass is 16.5. The van der Waals surface area contributed by atoms with Crippen molar-refractivity contribution in [2.24, 2.45) is 0 Å². The van der Waals surface area contributed by atoms with Crippen LogP contribution in [0.5, 0.6) is 0 Å². The summed E-state index contributed by atoms with van der Waals surface area (Å²) in [6, 6.07) is 26.3. The van der Waals surface area contributed by atoms with Gasteiger partial charge in [-0.3, -0.25) is 4.79 Å². The second kappa shape index (κ2) is 14.6. The van der Waals surface area contributed by atoms with Crippen LogP contribution in [0.2, 0.25) is 0 Å². The number of benzene rings is 3. The lowest BCUT2D eigenvalue weighted by atomic mass is 9.84. The van der Waals surface area contributed by atoms with Gasteiger partial charge in [-0.05, 0) is 72.7 Å². The highest BCUT2D eigenvalue weighted by Gasteiger charge is 2.33. The topological polar surface area (TPSA) is 130 Å². The van der Waals surface area contributed by atoms with Crippen molar-refractivity contribution >= 4 is 28.9 Å². The Balaban J connectivity index is 1.13. The Morgan fingerprint density at radius 3 is 2.34 bits per heavy atom. The monoisotopic (exact) mass is 632 g/mol. The minimum Gasteiger partial charge on any atom is -0.453 e. The lowest BCUT2D eigenvalue weighted by Gasteiger charge is -2.29. The van der Waals surface area contributed by atoms with Crippen LogP contribution in [0.1, 0.15) is 52.0 Å². The zero-order chi connectivity index (χ0) is 32.8. The van der Waals surface area contributed by atoms with Crippen molar-refractivity contribution in [1.82, 2.24) is 25.6 Å². The van der Waals surface area contributed by atoms with E-state index in [4.69, 9.17) is 14.5 Å². The van der Waals surface area contributed by atoms with Gasteiger partial charge in [-0.25, -0.2) is 14.8 Å². The lowest BCUT2D eigenvalue weighted by molar-refractivity contribution is -0.118. The molecule has 0 spiro atoms. The summed E-state index contributed by atoms with van der Waals surface area (Å²) < 4.78 is 11.2. The molecule has 0 aliphatic carbocycles. The predicted octanol–water partition coefficient (Wildman–Crippen LogP) is 5.73. The fourth-order valence-corrected chi connectivity index (χ4v) is 6.09. The first-order valence-corrected chi connectivity index (χ1v) is 15.9. The fourth-order valence-electron chi connectivity index (χ4n) is 6.09. The molecule has 3 aromatic carbocycles. The minimum absolute atomic E-state index is 0.0156. The number of hydrogen-bond donors (Lipinski definition) is 4. The number of nitrogens with zero attached hydrogens (tertiary/aromatic N) is 2. The summed E-state index contributed by atoms with van der Waals surface area (Å²) in [7, 11) is 1.28. The number of rotatable bonds is 10. The average Bonchev–Trinajstić information content (AvgIpc) is 3.51.